The summed E-state index contributed by atoms with van der Waals surface area (Å²) in [6, 6.07) is 6.03. The number of aromatic nitrogens is 3. The third-order valence-electron chi connectivity index (χ3n) is 3.18. The van der Waals surface area contributed by atoms with E-state index in [0.29, 0.717) is 13.2 Å². The molecule has 0 aliphatic heterocycles. The lowest BCUT2D eigenvalue weighted by atomic mass is 10.2. The van der Waals surface area contributed by atoms with Crippen LogP contribution in [-0.4, -0.2) is 21.8 Å². The van der Waals surface area contributed by atoms with Crippen molar-refractivity contribution in [2.24, 2.45) is 7.05 Å². The zero-order chi connectivity index (χ0) is 14.5. The van der Waals surface area contributed by atoms with Crippen molar-refractivity contribution >= 4 is 0 Å². The minimum atomic E-state index is 0.505. The Labute approximate surface area is 120 Å². The first-order valence-electron chi connectivity index (χ1n) is 6.89. The Morgan fingerprint density at radius 3 is 2.80 bits per heavy atom. The van der Waals surface area contributed by atoms with Crippen LogP contribution in [0.4, 0.5) is 0 Å². The van der Waals surface area contributed by atoms with Gasteiger partial charge in [-0.2, -0.15) is 5.10 Å². The number of nitrogens with zero attached hydrogens (tertiary/aromatic N) is 3. The van der Waals surface area contributed by atoms with Gasteiger partial charge in [-0.15, -0.1) is 0 Å². The van der Waals surface area contributed by atoms with E-state index in [-0.39, 0.29) is 0 Å². The number of hydrogen-bond donors (Lipinski definition) is 1. The first-order chi connectivity index (χ1) is 9.63. The van der Waals surface area contributed by atoms with Crippen LogP contribution in [0.1, 0.15) is 29.7 Å². The van der Waals surface area contributed by atoms with Crippen molar-refractivity contribution < 1.29 is 4.74 Å². The molecule has 2 rings (SSSR count). The Kier molecular flexibility index (Phi) is 4.74. The summed E-state index contributed by atoms with van der Waals surface area (Å²) in [5, 5.41) is 7.54. The number of ether oxygens (including phenoxy) is 1. The van der Waals surface area contributed by atoms with Crippen molar-refractivity contribution in [3.05, 3.63) is 41.0 Å². The van der Waals surface area contributed by atoms with E-state index in [2.05, 4.69) is 28.4 Å². The fourth-order valence-electron chi connectivity index (χ4n) is 2.05. The normalized spacial score (nSPS) is 10.8. The first-order valence-corrected chi connectivity index (χ1v) is 6.89. The van der Waals surface area contributed by atoms with Gasteiger partial charge in [0.15, 0.2) is 0 Å². The summed E-state index contributed by atoms with van der Waals surface area (Å²) < 4.78 is 7.78. The molecule has 0 atom stereocenters. The molecule has 2 aromatic rings. The molecule has 0 radical (unpaired) electrons. The van der Waals surface area contributed by atoms with Gasteiger partial charge in [0.05, 0.1) is 17.1 Å². The van der Waals surface area contributed by atoms with Gasteiger partial charge in [0.1, 0.15) is 12.4 Å². The molecule has 0 spiro atoms. The third kappa shape index (κ3) is 3.36. The minimum Gasteiger partial charge on any atom is -0.485 e. The predicted molar refractivity (Wildman–Crippen MR) is 78.7 cm³/mol. The molecule has 0 saturated heterocycles. The quantitative estimate of drug-likeness (QED) is 0.875. The molecule has 0 aliphatic carbocycles. The monoisotopic (exact) mass is 274 g/mol. The molecule has 0 saturated carbocycles. The maximum absolute atomic E-state index is 5.91. The van der Waals surface area contributed by atoms with Gasteiger partial charge in [-0.3, -0.25) is 9.67 Å². The van der Waals surface area contributed by atoms with Crippen LogP contribution in [0, 0.1) is 6.92 Å². The number of hydrogen-bond acceptors (Lipinski definition) is 4. The van der Waals surface area contributed by atoms with Crippen LogP contribution in [0.2, 0.25) is 0 Å². The third-order valence-corrected chi connectivity index (χ3v) is 3.18. The summed E-state index contributed by atoms with van der Waals surface area (Å²) in [5.74, 6) is 0.823. The molecule has 5 nitrogen and oxygen atoms in total. The maximum atomic E-state index is 5.91. The van der Waals surface area contributed by atoms with Crippen LogP contribution in [0.15, 0.2) is 18.2 Å². The highest BCUT2D eigenvalue weighted by atomic mass is 16.5. The van der Waals surface area contributed by atoms with Gasteiger partial charge in [-0.05, 0) is 38.6 Å². The molecule has 5 heteroatoms. The molecule has 0 amide bonds. The van der Waals surface area contributed by atoms with E-state index in [4.69, 9.17) is 4.74 Å². The molecule has 0 unspecified atom stereocenters. The Hall–Kier alpha value is -1.88. The molecule has 2 aromatic heterocycles. The summed E-state index contributed by atoms with van der Waals surface area (Å²) in [5.41, 5.74) is 4.09. The van der Waals surface area contributed by atoms with Gasteiger partial charge < -0.3 is 10.1 Å². The van der Waals surface area contributed by atoms with Gasteiger partial charge in [-0.1, -0.05) is 6.92 Å². The van der Waals surface area contributed by atoms with Gasteiger partial charge in [0, 0.05) is 19.3 Å². The molecule has 2 heterocycles. The largest absolute Gasteiger partial charge is 0.485 e. The second kappa shape index (κ2) is 6.52. The Bertz CT molecular complexity index is 577. The Balaban J connectivity index is 2.11. The minimum absolute atomic E-state index is 0.505. The first kappa shape index (κ1) is 14.5. The molecule has 108 valence electrons. The SMILES string of the molecule is CCc1cc(COc2ccc(C)nc2CNC)n(C)n1. The topological polar surface area (TPSA) is 52.0 Å². The summed E-state index contributed by atoms with van der Waals surface area (Å²) in [6.07, 6.45) is 0.935. The molecule has 1 N–H and O–H groups in total. The Morgan fingerprint density at radius 2 is 2.15 bits per heavy atom. The van der Waals surface area contributed by atoms with E-state index in [0.717, 1.165) is 34.9 Å². The molecule has 0 bridgehead atoms. The zero-order valence-electron chi connectivity index (χ0n) is 12.6. The number of nitrogens with one attached hydrogen (secondary N) is 1. The molecular weight excluding hydrogens is 252 g/mol. The molecule has 0 aliphatic rings. The second-order valence-corrected chi connectivity index (χ2v) is 4.82. The zero-order valence-corrected chi connectivity index (χ0v) is 12.6. The molecule has 20 heavy (non-hydrogen) atoms. The summed E-state index contributed by atoms with van der Waals surface area (Å²) in [6.45, 7) is 5.28. The smallest absolute Gasteiger partial charge is 0.142 e. The van der Waals surface area contributed by atoms with E-state index >= 15 is 0 Å². The van der Waals surface area contributed by atoms with Gasteiger partial charge in [0.2, 0.25) is 0 Å². The van der Waals surface area contributed by atoms with Crippen molar-refractivity contribution in [2.75, 3.05) is 7.05 Å². The summed E-state index contributed by atoms with van der Waals surface area (Å²) in [7, 11) is 3.85. The van der Waals surface area contributed by atoms with Crippen LogP contribution in [0.25, 0.3) is 0 Å². The lowest BCUT2D eigenvalue weighted by Crippen LogP contribution is -2.11. The molecular formula is C15H22N4O. The average molecular weight is 274 g/mol. The lowest BCUT2D eigenvalue weighted by Gasteiger charge is -2.11. The number of pyridine rings is 1. The van der Waals surface area contributed by atoms with Crippen molar-refractivity contribution in [1.29, 1.82) is 0 Å². The summed E-state index contributed by atoms with van der Waals surface area (Å²) >= 11 is 0. The number of rotatable bonds is 6. The van der Waals surface area contributed by atoms with Crippen LogP contribution >= 0.6 is 0 Å². The van der Waals surface area contributed by atoms with Gasteiger partial charge in [-0.25, -0.2) is 0 Å². The van der Waals surface area contributed by atoms with E-state index in [1.807, 2.05) is 37.8 Å². The van der Waals surface area contributed by atoms with E-state index in [9.17, 15) is 0 Å². The molecule has 0 aromatic carbocycles. The van der Waals surface area contributed by atoms with Crippen LogP contribution in [0.3, 0.4) is 0 Å². The van der Waals surface area contributed by atoms with Crippen molar-refractivity contribution in [2.45, 2.75) is 33.4 Å². The standard InChI is InChI=1S/C15H22N4O/c1-5-12-8-13(19(4)18-12)10-20-15-7-6-11(2)17-14(15)9-16-3/h6-8,16H,5,9-10H2,1-4H3. The highest BCUT2D eigenvalue weighted by molar-refractivity contribution is 5.29. The van der Waals surface area contributed by atoms with Crippen LogP contribution in [-0.2, 0) is 26.6 Å². The van der Waals surface area contributed by atoms with Gasteiger partial charge in [0.25, 0.3) is 0 Å². The highest BCUT2D eigenvalue weighted by Gasteiger charge is 2.08. The predicted octanol–water partition coefficient (Wildman–Crippen LogP) is 1.98. The second-order valence-electron chi connectivity index (χ2n) is 4.82. The maximum Gasteiger partial charge on any atom is 0.142 e. The van der Waals surface area contributed by atoms with Crippen LogP contribution in [0.5, 0.6) is 5.75 Å². The summed E-state index contributed by atoms with van der Waals surface area (Å²) in [4.78, 5) is 4.51. The van der Waals surface area contributed by atoms with Crippen molar-refractivity contribution in [1.82, 2.24) is 20.1 Å². The fourth-order valence-corrected chi connectivity index (χ4v) is 2.05. The van der Waals surface area contributed by atoms with Crippen molar-refractivity contribution in [3.8, 4) is 5.75 Å². The van der Waals surface area contributed by atoms with E-state index in [1.165, 1.54) is 0 Å². The van der Waals surface area contributed by atoms with Crippen LogP contribution < -0.4 is 10.1 Å². The van der Waals surface area contributed by atoms with Gasteiger partial charge >= 0.3 is 0 Å². The highest BCUT2D eigenvalue weighted by Crippen LogP contribution is 2.18. The van der Waals surface area contributed by atoms with E-state index in [1.54, 1.807) is 0 Å². The Morgan fingerprint density at radius 1 is 1.35 bits per heavy atom. The lowest BCUT2D eigenvalue weighted by molar-refractivity contribution is 0.289. The van der Waals surface area contributed by atoms with Crippen molar-refractivity contribution in [3.63, 3.8) is 0 Å². The van der Waals surface area contributed by atoms with E-state index < -0.39 is 0 Å². The molecule has 0 fully saturated rings. The fraction of sp³-hybridized carbons (Fsp3) is 0.467. The average Bonchev–Trinajstić information content (AvgIpc) is 2.79. The number of aryl methyl sites for hydroxylation is 3.